The summed E-state index contributed by atoms with van der Waals surface area (Å²) in [6.07, 6.45) is 0. The summed E-state index contributed by atoms with van der Waals surface area (Å²) in [5, 5.41) is 0.394. The predicted octanol–water partition coefficient (Wildman–Crippen LogP) is 2.29. The summed E-state index contributed by atoms with van der Waals surface area (Å²) in [7, 11) is 0. The molecule has 0 bridgehead atoms. The van der Waals surface area contributed by atoms with Crippen LogP contribution < -0.4 is 11.5 Å². The van der Waals surface area contributed by atoms with E-state index in [-0.39, 0.29) is 13.2 Å². The minimum Gasteiger partial charge on any atom is -0.390 e. The third-order valence-electron chi connectivity index (χ3n) is 3.37. The summed E-state index contributed by atoms with van der Waals surface area (Å²) in [5.41, 5.74) is 11.4. The van der Waals surface area contributed by atoms with Crippen LogP contribution in [-0.4, -0.2) is 19.1 Å². The van der Waals surface area contributed by atoms with Crippen molar-refractivity contribution in [2.75, 3.05) is 18.9 Å². The Labute approximate surface area is 119 Å². The van der Waals surface area contributed by atoms with Gasteiger partial charge in [0.05, 0.1) is 23.8 Å². The topological polar surface area (TPSA) is 78.3 Å². The van der Waals surface area contributed by atoms with Gasteiger partial charge in [-0.15, -0.1) is 11.3 Å². The second-order valence-corrected chi connectivity index (χ2v) is 5.87. The molecule has 4 nitrogen and oxygen atoms in total. The number of halogens is 1. The van der Waals surface area contributed by atoms with Crippen LogP contribution in [0.1, 0.15) is 15.9 Å². The van der Waals surface area contributed by atoms with Crippen LogP contribution in [0.4, 0.5) is 9.39 Å². The Kier molecular flexibility index (Phi) is 2.99. The van der Waals surface area contributed by atoms with Crippen molar-refractivity contribution in [2.24, 2.45) is 5.73 Å². The van der Waals surface area contributed by atoms with Gasteiger partial charge in [0, 0.05) is 4.88 Å². The van der Waals surface area contributed by atoms with Crippen LogP contribution in [0.25, 0.3) is 10.4 Å². The van der Waals surface area contributed by atoms with Gasteiger partial charge in [-0.3, -0.25) is 4.79 Å². The fraction of sp³-hybridized carbons (Fsp3) is 0.214. The number of alkyl halides is 1. The van der Waals surface area contributed by atoms with E-state index in [1.54, 1.807) is 18.2 Å². The Balaban J connectivity index is 1.91. The highest BCUT2D eigenvalue weighted by Crippen LogP contribution is 2.37. The zero-order valence-corrected chi connectivity index (χ0v) is 11.4. The number of hydrogen-bond donors (Lipinski definition) is 2. The maximum Gasteiger partial charge on any atom is 0.251 e. The molecule has 1 fully saturated rings. The molecule has 0 atom stereocenters. The smallest absolute Gasteiger partial charge is 0.251 e. The van der Waals surface area contributed by atoms with Gasteiger partial charge in [-0.05, 0) is 17.2 Å². The summed E-state index contributed by atoms with van der Waals surface area (Å²) in [4.78, 5) is 12.0. The molecule has 2 heterocycles. The summed E-state index contributed by atoms with van der Waals surface area (Å²) < 4.78 is 19.1. The van der Waals surface area contributed by atoms with Crippen molar-refractivity contribution in [3.63, 3.8) is 0 Å². The standard InChI is InChI=1S/C14H13FN2O2S/c15-14(6-19-7-14)9-3-1-8(2-4-9)11-5-10(12(16)18)13(17)20-11/h1-5H,6-7,17H2,(H2,16,18). The maximum atomic E-state index is 14.1. The van der Waals surface area contributed by atoms with Crippen molar-refractivity contribution in [1.29, 1.82) is 0 Å². The molecule has 0 unspecified atom stereocenters. The number of thiophene rings is 1. The quantitative estimate of drug-likeness (QED) is 0.911. The van der Waals surface area contributed by atoms with E-state index in [4.69, 9.17) is 16.2 Å². The lowest BCUT2D eigenvalue weighted by Gasteiger charge is -2.34. The summed E-state index contributed by atoms with van der Waals surface area (Å²) in [5.74, 6) is -0.545. The number of nitrogens with two attached hydrogens (primary N) is 2. The first-order chi connectivity index (χ1) is 9.49. The van der Waals surface area contributed by atoms with Crippen molar-refractivity contribution < 1.29 is 13.9 Å². The van der Waals surface area contributed by atoms with E-state index in [2.05, 4.69) is 0 Å². The van der Waals surface area contributed by atoms with E-state index in [1.807, 2.05) is 12.1 Å². The lowest BCUT2D eigenvalue weighted by Crippen LogP contribution is -2.42. The first-order valence-corrected chi connectivity index (χ1v) is 6.88. The highest BCUT2D eigenvalue weighted by molar-refractivity contribution is 7.19. The Morgan fingerprint density at radius 1 is 1.30 bits per heavy atom. The third kappa shape index (κ3) is 2.07. The minimum absolute atomic E-state index is 0.101. The van der Waals surface area contributed by atoms with E-state index in [9.17, 15) is 9.18 Å². The number of ether oxygens (including phenoxy) is 1. The largest absolute Gasteiger partial charge is 0.390 e. The highest BCUT2D eigenvalue weighted by atomic mass is 32.1. The van der Waals surface area contributed by atoms with Crippen LogP contribution in [0, 0.1) is 0 Å². The van der Waals surface area contributed by atoms with Crippen molar-refractivity contribution in [3.8, 4) is 10.4 Å². The number of benzene rings is 1. The average molecular weight is 292 g/mol. The highest BCUT2D eigenvalue weighted by Gasteiger charge is 2.40. The Hall–Kier alpha value is -1.92. The number of amides is 1. The van der Waals surface area contributed by atoms with Gasteiger partial charge in [0.2, 0.25) is 0 Å². The molecule has 0 radical (unpaired) electrons. The fourth-order valence-corrected chi connectivity index (χ4v) is 3.06. The zero-order valence-electron chi connectivity index (χ0n) is 10.6. The van der Waals surface area contributed by atoms with E-state index >= 15 is 0 Å². The van der Waals surface area contributed by atoms with Crippen molar-refractivity contribution in [3.05, 3.63) is 41.5 Å². The van der Waals surface area contributed by atoms with E-state index < -0.39 is 11.6 Å². The molecule has 0 saturated carbocycles. The van der Waals surface area contributed by atoms with Crippen LogP contribution >= 0.6 is 11.3 Å². The first kappa shape index (κ1) is 13.1. The van der Waals surface area contributed by atoms with Crippen LogP contribution in [0.5, 0.6) is 0 Å². The van der Waals surface area contributed by atoms with Gasteiger partial charge in [-0.1, -0.05) is 24.3 Å². The van der Waals surface area contributed by atoms with Crippen LogP contribution in [0.2, 0.25) is 0 Å². The number of anilines is 1. The van der Waals surface area contributed by atoms with Gasteiger partial charge in [-0.2, -0.15) is 0 Å². The molecule has 4 N–H and O–H groups in total. The molecular weight excluding hydrogens is 279 g/mol. The van der Waals surface area contributed by atoms with Gasteiger partial charge >= 0.3 is 0 Å². The van der Waals surface area contributed by atoms with Crippen molar-refractivity contribution in [1.82, 2.24) is 0 Å². The average Bonchev–Trinajstić information content (AvgIpc) is 2.78. The Morgan fingerprint density at radius 3 is 2.40 bits per heavy atom. The number of nitrogen functional groups attached to an aromatic ring is 1. The molecule has 1 amide bonds. The van der Waals surface area contributed by atoms with Crippen LogP contribution in [-0.2, 0) is 10.4 Å². The first-order valence-electron chi connectivity index (χ1n) is 6.06. The summed E-state index contributed by atoms with van der Waals surface area (Å²) in [6, 6.07) is 8.75. The summed E-state index contributed by atoms with van der Waals surface area (Å²) in [6.45, 7) is 0.203. The Morgan fingerprint density at radius 2 is 1.95 bits per heavy atom. The molecule has 1 aliphatic rings. The van der Waals surface area contributed by atoms with Crippen molar-refractivity contribution >= 4 is 22.2 Å². The zero-order chi connectivity index (χ0) is 14.3. The molecular formula is C14H13FN2O2S. The fourth-order valence-electron chi connectivity index (χ4n) is 2.12. The van der Waals surface area contributed by atoms with E-state index in [0.717, 1.165) is 10.4 Å². The monoisotopic (exact) mass is 292 g/mol. The minimum atomic E-state index is -1.37. The molecule has 3 rings (SSSR count). The molecule has 20 heavy (non-hydrogen) atoms. The number of primary amides is 1. The van der Waals surface area contributed by atoms with Gasteiger partial charge in [0.25, 0.3) is 5.91 Å². The van der Waals surface area contributed by atoms with Gasteiger partial charge in [0.1, 0.15) is 0 Å². The molecule has 2 aromatic rings. The van der Waals surface area contributed by atoms with E-state index in [1.165, 1.54) is 11.3 Å². The lowest BCUT2D eigenvalue weighted by molar-refractivity contribution is -0.135. The summed E-state index contributed by atoms with van der Waals surface area (Å²) >= 11 is 1.29. The second kappa shape index (κ2) is 4.57. The molecule has 1 aromatic carbocycles. The molecule has 104 valence electrons. The maximum absolute atomic E-state index is 14.1. The Bertz CT molecular complexity index is 662. The molecule has 0 spiro atoms. The molecule has 1 saturated heterocycles. The van der Waals surface area contributed by atoms with Gasteiger partial charge in [-0.25, -0.2) is 4.39 Å². The molecule has 1 aliphatic heterocycles. The number of rotatable bonds is 3. The van der Waals surface area contributed by atoms with Crippen LogP contribution in [0.3, 0.4) is 0 Å². The number of hydrogen-bond acceptors (Lipinski definition) is 4. The van der Waals surface area contributed by atoms with Gasteiger partial charge in [0.15, 0.2) is 5.67 Å². The lowest BCUT2D eigenvalue weighted by atomic mass is 9.93. The van der Waals surface area contributed by atoms with Crippen LogP contribution in [0.15, 0.2) is 30.3 Å². The number of carbonyl (C=O) groups is 1. The third-order valence-corrected chi connectivity index (χ3v) is 4.39. The van der Waals surface area contributed by atoms with Crippen molar-refractivity contribution in [2.45, 2.75) is 5.67 Å². The molecule has 0 aliphatic carbocycles. The second-order valence-electron chi connectivity index (χ2n) is 4.79. The molecule has 1 aromatic heterocycles. The van der Waals surface area contributed by atoms with Gasteiger partial charge < -0.3 is 16.2 Å². The van der Waals surface area contributed by atoms with E-state index in [0.29, 0.717) is 16.1 Å². The molecule has 6 heteroatoms. The SMILES string of the molecule is NC(=O)c1cc(-c2ccc(C3(F)COC3)cc2)sc1N. The normalized spacial score (nSPS) is 16.6. The number of carbonyl (C=O) groups excluding carboxylic acids is 1. The predicted molar refractivity (Wildman–Crippen MR) is 76.3 cm³/mol.